The number of hydrogen-bond acceptors (Lipinski definition) is 4. The van der Waals surface area contributed by atoms with Gasteiger partial charge in [0.2, 0.25) is 5.91 Å². The van der Waals surface area contributed by atoms with E-state index in [0.717, 1.165) is 73.0 Å². The molecule has 1 N–H and O–H groups in total. The molecular weight excluding hydrogens is 362 g/mol. The van der Waals surface area contributed by atoms with Gasteiger partial charge in [-0.05, 0) is 56.0 Å². The van der Waals surface area contributed by atoms with E-state index in [2.05, 4.69) is 10.2 Å². The summed E-state index contributed by atoms with van der Waals surface area (Å²) in [5.41, 5.74) is 2.61. The number of aliphatic imine (C=N–C) groups is 1. The van der Waals surface area contributed by atoms with Crippen LogP contribution in [0.25, 0.3) is 0 Å². The Morgan fingerprint density at radius 1 is 0.966 bits per heavy atom. The molecule has 0 unspecified atom stereocenters. The van der Waals surface area contributed by atoms with Gasteiger partial charge in [0.1, 0.15) is 17.3 Å². The fourth-order valence-electron chi connectivity index (χ4n) is 4.58. The Kier molecular flexibility index (Phi) is 4.96. The molecule has 2 aromatic carbocycles. The lowest BCUT2D eigenvalue weighted by Crippen LogP contribution is -2.29. The molecule has 2 fully saturated rings. The van der Waals surface area contributed by atoms with Crippen molar-refractivity contribution in [1.29, 1.82) is 0 Å². The van der Waals surface area contributed by atoms with Crippen LogP contribution >= 0.6 is 0 Å². The molecule has 3 aliphatic rings. The van der Waals surface area contributed by atoms with E-state index in [0.29, 0.717) is 0 Å². The number of ether oxygens (including phenoxy) is 1. The first-order valence-electron chi connectivity index (χ1n) is 10.8. The highest BCUT2D eigenvalue weighted by atomic mass is 16.5. The Morgan fingerprint density at radius 2 is 1.76 bits per heavy atom. The van der Waals surface area contributed by atoms with Crippen LogP contribution in [0.4, 0.5) is 11.4 Å². The molecule has 0 spiro atoms. The number of nitrogens with zero attached hydrogens (tertiary/aromatic N) is 2. The van der Waals surface area contributed by atoms with Gasteiger partial charge in [-0.15, -0.1) is 0 Å². The van der Waals surface area contributed by atoms with Crippen LogP contribution < -0.4 is 10.1 Å². The summed E-state index contributed by atoms with van der Waals surface area (Å²) in [6, 6.07) is 13.8. The molecule has 0 aromatic heterocycles. The standard InChI is InChI=1S/C24H27N3O2/c28-24(17-8-2-1-3-9-17)25-18-12-13-21-19(16-18)23(27-14-6-7-15-27)26-20-10-4-5-11-22(20)29-21/h4-5,10-13,16-17H,1-3,6-9,14-15H2,(H,25,28). The van der Waals surface area contributed by atoms with Crippen molar-refractivity contribution in [2.75, 3.05) is 18.4 Å². The Balaban J connectivity index is 1.49. The summed E-state index contributed by atoms with van der Waals surface area (Å²) >= 11 is 0. The number of para-hydroxylation sites is 2. The largest absolute Gasteiger partial charge is 0.454 e. The summed E-state index contributed by atoms with van der Waals surface area (Å²) in [5.74, 6) is 2.77. The Bertz CT molecular complexity index is 941. The third kappa shape index (κ3) is 3.74. The monoisotopic (exact) mass is 389 g/mol. The summed E-state index contributed by atoms with van der Waals surface area (Å²) in [4.78, 5) is 20.0. The second-order valence-electron chi connectivity index (χ2n) is 8.23. The number of benzene rings is 2. The molecule has 0 atom stereocenters. The van der Waals surface area contributed by atoms with Crippen LogP contribution in [0.3, 0.4) is 0 Å². The minimum absolute atomic E-state index is 0.134. The van der Waals surface area contributed by atoms with E-state index in [1.54, 1.807) is 0 Å². The van der Waals surface area contributed by atoms with Gasteiger partial charge in [-0.3, -0.25) is 4.79 Å². The molecule has 0 bridgehead atoms. The average Bonchev–Trinajstić information content (AvgIpc) is 3.24. The highest BCUT2D eigenvalue weighted by Crippen LogP contribution is 2.39. The Labute approximate surface area is 171 Å². The molecule has 5 rings (SSSR count). The van der Waals surface area contributed by atoms with Gasteiger partial charge in [0, 0.05) is 24.7 Å². The molecule has 1 aliphatic carbocycles. The first kappa shape index (κ1) is 18.2. The van der Waals surface area contributed by atoms with Crippen LogP contribution in [0.15, 0.2) is 47.5 Å². The number of carbonyl (C=O) groups is 1. The van der Waals surface area contributed by atoms with Gasteiger partial charge in [-0.2, -0.15) is 0 Å². The minimum atomic E-state index is 0.134. The predicted molar refractivity (Wildman–Crippen MR) is 115 cm³/mol. The van der Waals surface area contributed by atoms with Crippen molar-refractivity contribution in [2.24, 2.45) is 10.9 Å². The van der Waals surface area contributed by atoms with Gasteiger partial charge in [0.05, 0.1) is 5.56 Å². The maximum atomic E-state index is 12.7. The lowest BCUT2D eigenvalue weighted by atomic mass is 9.88. The van der Waals surface area contributed by atoms with Crippen LogP contribution in [0, 0.1) is 5.92 Å². The van der Waals surface area contributed by atoms with Crippen molar-refractivity contribution in [1.82, 2.24) is 4.90 Å². The molecular formula is C24H27N3O2. The number of fused-ring (bicyclic) bond motifs is 2. The quantitative estimate of drug-likeness (QED) is 0.739. The van der Waals surface area contributed by atoms with Gasteiger partial charge in [-0.1, -0.05) is 31.4 Å². The van der Waals surface area contributed by atoms with Crippen LogP contribution in [0.1, 0.15) is 50.5 Å². The summed E-state index contributed by atoms with van der Waals surface area (Å²) < 4.78 is 6.21. The van der Waals surface area contributed by atoms with Gasteiger partial charge in [-0.25, -0.2) is 4.99 Å². The third-order valence-electron chi connectivity index (χ3n) is 6.18. The number of anilines is 1. The van der Waals surface area contributed by atoms with E-state index < -0.39 is 0 Å². The van der Waals surface area contributed by atoms with E-state index in [-0.39, 0.29) is 11.8 Å². The highest BCUT2D eigenvalue weighted by Gasteiger charge is 2.26. The fraction of sp³-hybridized carbons (Fsp3) is 0.417. The number of hydrogen-bond donors (Lipinski definition) is 1. The molecule has 0 radical (unpaired) electrons. The number of nitrogens with one attached hydrogen (secondary N) is 1. The van der Waals surface area contributed by atoms with Crippen molar-refractivity contribution in [3.63, 3.8) is 0 Å². The number of rotatable bonds is 2. The lowest BCUT2D eigenvalue weighted by Gasteiger charge is -2.22. The van der Waals surface area contributed by atoms with E-state index in [1.807, 2.05) is 42.5 Å². The van der Waals surface area contributed by atoms with Crippen molar-refractivity contribution in [3.8, 4) is 11.5 Å². The first-order chi connectivity index (χ1) is 14.3. The van der Waals surface area contributed by atoms with E-state index in [1.165, 1.54) is 19.3 Å². The van der Waals surface area contributed by atoms with Crippen LogP contribution in [0.5, 0.6) is 11.5 Å². The van der Waals surface area contributed by atoms with Crippen LogP contribution in [0.2, 0.25) is 0 Å². The summed E-state index contributed by atoms with van der Waals surface area (Å²) in [6.07, 6.45) is 7.89. The molecule has 1 saturated heterocycles. The van der Waals surface area contributed by atoms with Crippen LogP contribution in [-0.2, 0) is 4.79 Å². The smallest absolute Gasteiger partial charge is 0.227 e. The molecule has 2 aromatic rings. The molecule has 29 heavy (non-hydrogen) atoms. The summed E-state index contributed by atoms with van der Waals surface area (Å²) in [6.45, 7) is 2.00. The zero-order chi connectivity index (χ0) is 19.6. The molecule has 2 aliphatic heterocycles. The van der Waals surface area contributed by atoms with E-state index >= 15 is 0 Å². The van der Waals surface area contributed by atoms with Gasteiger partial charge in [0.15, 0.2) is 5.75 Å². The van der Waals surface area contributed by atoms with Gasteiger partial charge in [0.25, 0.3) is 0 Å². The molecule has 1 saturated carbocycles. The number of amides is 1. The number of carbonyl (C=O) groups excluding carboxylic acids is 1. The van der Waals surface area contributed by atoms with Crippen molar-refractivity contribution < 1.29 is 9.53 Å². The fourth-order valence-corrected chi connectivity index (χ4v) is 4.58. The minimum Gasteiger partial charge on any atom is -0.454 e. The second kappa shape index (κ2) is 7.90. The maximum absolute atomic E-state index is 12.7. The van der Waals surface area contributed by atoms with Crippen molar-refractivity contribution in [3.05, 3.63) is 48.0 Å². The lowest BCUT2D eigenvalue weighted by molar-refractivity contribution is -0.120. The Morgan fingerprint density at radius 3 is 2.59 bits per heavy atom. The summed E-state index contributed by atoms with van der Waals surface area (Å²) in [7, 11) is 0. The SMILES string of the molecule is O=C(Nc1ccc2c(c1)C(N1CCCC1)=Nc1ccccc1O2)C1CCCCC1. The molecule has 2 heterocycles. The van der Waals surface area contributed by atoms with Gasteiger partial charge < -0.3 is 15.0 Å². The normalized spacial score (nSPS) is 18.9. The molecule has 5 nitrogen and oxygen atoms in total. The van der Waals surface area contributed by atoms with Gasteiger partial charge >= 0.3 is 0 Å². The second-order valence-corrected chi connectivity index (χ2v) is 8.23. The molecule has 150 valence electrons. The average molecular weight is 389 g/mol. The predicted octanol–water partition coefficient (Wildman–Crippen LogP) is 5.49. The number of amidine groups is 1. The van der Waals surface area contributed by atoms with Crippen molar-refractivity contribution >= 4 is 23.1 Å². The first-order valence-corrected chi connectivity index (χ1v) is 10.8. The highest BCUT2D eigenvalue weighted by molar-refractivity contribution is 6.05. The Hall–Kier alpha value is -2.82. The third-order valence-corrected chi connectivity index (χ3v) is 6.18. The van der Waals surface area contributed by atoms with E-state index in [9.17, 15) is 4.79 Å². The zero-order valence-corrected chi connectivity index (χ0v) is 16.7. The van der Waals surface area contributed by atoms with E-state index in [4.69, 9.17) is 9.73 Å². The topological polar surface area (TPSA) is 53.9 Å². The van der Waals surface area contributed by atoms with Crippen molar-refractivity contribution in [2.45, 2.75) is 44.9 Å². The molecule has 1 amide bonds. The maximum Gasteiger partial charge on any atom is 0.227 e. The zero-order valence-electron chi connectivity index (χ0n) is 16.7. The number of likely N-dealkylation sites (tertiary alicyclic amines) is 1. The summed E-state index contributed by atoms with van der Waals surface area (Å²) in [5, 5.41) is 3.15. The van der Waals surface area contributed by atoms with Crippen LogP contribution in [-0.4, -0.2) is 29.7 Å². The molecule has 5 heteroatoms.